The highest BCUT2D eigenvalue weighted by Gasteiger charge is 2.24. The number of nitrogens with one attached hydrogen (secondary N) is 1. The largest absolute Gasteiger partial charge is 0.331 e. The third kappa shape index (κ3) is 1.45. The topological polar surface area (TPSA) is 29.9 Å². The summed E-state index contributed by atoms with van der Waals surface area (Å²) in [4.78, 5) is 4.86. The second-order valence-electron chi connectivity index (χ2n) is 5.37. The summed E-state index contributed by atoms with van der Waals surface area (Å²) >= 11 is 0. The summed E-state index contributed by atoms with van der Waals surface area (Å²) in [5, 5.41) is 4.79. The van der Waals surface area contributed by atoms with Crippen molar-refractivity contribution in [3.63, 3.8) is 0 Å². The quantitative estimate of drug-likeness (QED) is 0.665. The molecule has 1 N–H and O–H groups in total. The number of pyridine rings is 1. The van der Waals surface area contributed by atoms with Gasteiger partial charge in [0.25, 0.3) is 0 Å². The van der Waals surface area contributed by atoms with E-state index in [1.165, 1.54) is 28.0 Å². The van der Waals surface area contributed by atoms with E-state index >= 15 is 0 Å². The van der Waals surface area contributed by atoms with Crippen LogP contribution in [0.5, 0.6) is 0 Å². The Kier molecular flexibility index (Phi) is 2.21. The fraction of sp³-hybridized carbons (Fsp3) is 0.312. The van der Waals surface area contributed by atoms with Crippen LogP contribution in [0.4, 0.5) is 0 Å². The van der Waals surface area contributed by atoms with E-state index in [-0.39, 0.29) is 0 Å². The monoisotopic (exact) mass is 251 g/mol. The fourth-order valence-corrected chi connectivity index (χ4v) is 3.35. The minimum Gasteiger partial charge on any atom is -0.331 e. The second kappa shape index (κ2) is 3.81. The van der Waals surface area contributed by atoms with Crippen LogP contribution in [-0.4, -0.2) is 16.1 Å². The van der Waals surface area contributed by atoms with Crippen molar-refractivity contribution in [3.8, 4) is 11.3 Å². The third-order valence-electron chi connectivity index (χ3n) is 4.17. The van der Waals surface area contributed by atoms with Crippen molar-refractivity contribution >= 4 is 10.9 Å². The molecule has 0 bridgehead atoms. The first-order valence-corrected chi connectivity index (χ1v) is 6.88. The maximum Gasteiger partial charge on any atom is 0.0912 e. The minimum atomic E-state index is 0.355. The number of nitrogens with zero attached hydrogens (tertiary/aromatic N) is 2. The average Bonchev–Trinajstić information content (AvgIpc) is 2.78. The van der Waals surface area contributed by atoms with Crippen molar-refractivity contribution in [1.29, 1.82) is 0 Å². The van der Waals surface area contributed by atoms with Crippen LogP contribution >= 0.6 is 0 Å². The molecule has 4 rings (SSSR count). The van der Waals surface area contributed by atoms with Crippen molar-refractivity contribution in [1.82, 2.24) is 14.9 Å². The molecule has 0 spiro atoms. The molecule has 1 atom stereocenters. The Hall–Kier alpha value is -1.87. The number of benzene rings is 1. The summed E-state index contributed by atoms with van der Waals surface area (Å²) in [5.74, 6) is 0. The first-order chi connectivity index (χ1) is 9.25. The molecular formula is C16H17N3. The first kappa shape index (κ1) is 11.0. The summed E-state index contributed by atoms with van der Waals surface area (Å²) in [6.07, 6.45) is 1.40. The van der Waals surface area contributed by atoms with Crippen LogP contribution in [0.15, 0.2) is 30.3 Å². The number of para-hydroxylation sites is 1. The Morgan fingerprint density at radius 2 is 2.16 bits per heavy atom. The number of aromatic nitrogens is 2. The first-order valence-electron chi connectivity index (χ1n) is 6.88. The zero-order chi connectivity index (χ0) is 13.0. The van der Waals surface area contributed by atoms with E-state index in [4.69, 9.17) is 4.98 Å². The zero-order valence-corrected chi connectivity index (χ0v) is 11.3. The lowest BCUT2D eigenvalue weighted by atomic mass is 10.0. The van der Waals surface area contributed by atoms with E-state index in [1.54, 1.807) is 0 Å². The summed E-state index contributed by atoms with van der Waals surface area (Å²) < 4.78 is 2.39. The third-order valence-corrected chi connectivity index (χ3v) is 4.17. The van der Waals surface area contributed by atoms with Gasteiger partial charge >= 0.3 is 0 Å². The predicted molar refractivity (Wildman–Crippen MR) is 77.5 cm³/mol. The Balaban J connectivity index is 2.14. The molecule has 1 aromatic carbocycles. The van der Waals surface area contributed by atoms with Crippen LogP contribution in [0.2, 0.25) is 0 Å². The van der Waals surface area contributed by atoms with Gasteiger partial charge in [0.15, 0.2) is 0 Å². The molecule has 3 aliphatic rings. The van der Waals surface area contributed by atoms with Crippen LogP contribution in [0.3, 0.4) is 0 Å². The summed E-state index contributed by atoms with van der Waals surface area (Å²) in [5.41, 5.74) is 6.27. The van der Waals surface area contributed by atoms with Crippen molar-refractivity contribution in [3.05, 3.63) is 41.7 Å². The number of aryl methyl sites for hydroxylation is 1. The molecule has 1 unspecified atom stereocenters. The SMILES string of the molecule is Cc1cc2c3ccccc3nc-2c2n1C(C)NCC2. The standard InChI is InChI=1S/C16H17N3/c1-10-9-13-12-5-3-4-6-14(12)18-16(13)15-7-8-17-11(2)19(10)15/h3-6,9,11,17H,7-8H2,1-2H3. The van der Waals surface area contributed by atoms with Gasteiger partial charge in [0.2, 0.25) is 0 Å². The van der Waals surface area contributed by atoms with Crippen molar-refractivity contribution in [2.24, 2.45) is 0 Å². The predicted octanol–water partition coefficient (Wildman–Crippen LogP) is 3.11. The van der Waals surface area contributed by atoms with Gasteiger partial charge in [-0.2, -0.15) is 0 Å². The number of hydrogen-bond donors (Lipinski definition) is 1. The Morgan fingerprint density at radius 3 is 3.05 bits per heavy atom. The average molecular weight is 251 g/mol. The molecule has 3 heteroatoms. The van der Waals surface area contributed by atoms with Gasteiger partial charge in [-0.3, -0.25) is 5.32 Å². The fourth-order valence-electron chi connectivity index (χ4n) is 3.35. The Labute approximate surface area is 112 Å². The Morgan fingerprint density at radius 1 is 1.32 bits per heavy atom. The molecule has 0 amide bonds. The van der Waals surface area contributed by atoms with Gasteiger partial charge in [0.1, 0.15) is 0 Å². The number of fused-ring (bicyclic) bond motifs is 5. The van der Waals surface area contributed by atoms with Crippen LogP contribution in [0.25, 0.3) is 22.2 Å². The summed E-state index contributed by atoms with van der Waals surface area (Å²) in [6.45, 7) is 5.43. The lowest BCUT2D eigenvalue weighted by Gasteiger charge is -2.31. The number of hydrogen-bond acceptors (Lipinski definition) is 2. The molecule has 96 valence electrons. The van der Waals surface area contributed by atoms with Gasteiger partial charge in [0.05, 0.1) is 17.4 Å². The van der Waals surface area contributed by atoms with E-state index in [0.717, 1.165) is 18.5 Å². The lowest BCUT2D eigenvalue weighted by molar-refractivity contribution is 0.381. The highest BCUT2D eigenvalue weighted by Crippen LogP contribution is 2.36. The minimum absolute atomic E-state index is 0.355. The van der Waals surface area contributed by atoms with Crippen LogP contribution < -0.4 is 5.32 Å². The smallest absolute Gasteiger partial charge is 0.0912 e. The molecule has 0 saturated heterocycles. The van der Waals surface area contributed by atoms with Gasteiger partial charge in [0, 0.05) is 35.3 Å². The molecule has 3 aliphatic heterocycles. The van der Waals surface area contributed by atoms with Crippen LogP contribution in [-0.2, 0) is 6.42 Å². The maximum absolute atomic E-state index is 4.86. The maximum atomic E-state index is 4.86. The summed E-state index contributed by atoms with van der Waals surface area (Å²) in [6, 6.07) is 10.7. The molecule has 0 aromatic heterocycles. The summed E-state index contributed by atoms with van der Waals surface area (Å²) in [7, 11) is 0. The van der Waals surface area contributed by atoms with E-state index in [2.05, 4.69) is 54.1 Å². The van der Waals surface area contributed by atoms with Crippen LogP contribution in [0, 0.1) is 6.92 Å². The van der Waals surface area contributed by atoms with Gasteiger partial charge in [-0.05, 0) is 26.0 Å². The molecule has 19 heavy (non-hydrogen) atoms. The highest BCUT2D eigenvalue weighted by atomic mass is 15.2. The van der Waals surface area contributed by atoms with Gasteiger partial charge in [-0.1, -0.05) is 18.2 Å². The van der Waals surface area contributed by atoms with Crippen molar-refractivity contribution in [2.75, 3.05) is 6.54 Å². The zero-order valence-electron chi connectivity index (χ0n) is 11.3. The molecule has 0 aliphatic carbocycles. The molecular weight excluding hydrogens is 234 g/mol. The molecule has 0 saturated carbocycles. The van der Waals surface area contributed by atoms with Crippen LogP contribution in [0.1, 0.15) is 24.5 Å². The van der Waals surface area contributed by atoms with E-state index in [9.17, 15) is 0 Å². The highest BCUT2D eigenvalue weighted by molar-refractivity contribution is 5.98. The van der Waals surface area contributed by atoms with Gasteiger partial charge < -0.3 is 4.57 Å². The number of rotatable bonds is 0. The van der Waals surface area contributed by atoms with Gasteiger partial charge in [-0.25, -0.2) is 4.98 Å². The molecule has 0 fully saturated rings. The molecule has 3 heterocycles. The lowest BCUT2D eigenvalue weighted by Crippen LogP contribution is -2.35. The molecule has 1 aromatic rings. The van der Waals surface area contributed by atoms with Crippen molar-refractivity contribution < 1.29 is 0 Å². The second-order valence-corrected chi connectivity index (χ2v) is 5.37. The van der Waals surface area contributed by atoms with Crippen molar-refractivity contribution in [2.45, 2.75) is 26.4 Å². The molecule has 0 radical (unpaired) electrons. The van der Waals surface area contributed by atoms with E-state index in [1.807, 2.05) is 0 Å². The van der Waals surface area contributed by atoms with E-state index < -0.39 is 0 Å². The molecule has 3 nitrogen and oxygen atoms in total. The normalized spacial score (nSPS) is 18.9. The van der Waals surface area contributed by atoms with E-state index in [0.29, 0.717) is 6.17 Å². The van der Waals surface area contributed by atoms with Gasteiger partial charge in [-0.15, -0.1) is 0 Å². The Bertz CT molecular complexity index is 741.